The molecule has 0 aliphatic rings. The van der Waals surface area contributed by atoms with E-state index < -0.39 is 0 Å². The van der Waals surface area contributed by atoms with Gasteiger partial charge in [-0.2, -0.15) is 0 Å². The Hall–Kier alpha value is -0.820. The highest BCUT2D eigenvalue weighted by atomic mass is 16.5. The quantitative estimate of drug-likeness (QED) is 0.657. The molecular formula is C14H21O. The molecule has 0 fully saturated rings. The zero-order valence-corrected chi connectivity index (χ0v) is 9.61. The molecule has 0 amide bonds. The highest BCUT2D eigenvalue weighted by Crippen LogP contribution is 2.22. The molecule has 1 heteroatoms. The molecule has 83 valence electrons. The van der Waals surface area contributed by atoms with Crippen LogP contribution in [0.5, 0.6) is 0 Å². The van der Waals surface area contributed by atoms with E-state index in [9.17, 15) is 0 Å². The minimum Gasteiger partial charge on any atom is -0.381 e. The second-order valence-corrected chi connectivity index (χ2v) is 3.82. The summed E-state index contributed by atoms with van der Waals surface area (Å²) >= 11 is 0. The average molecular weight is 205 g/mol. The first-order chi connectivity index (χ1) is 7.38. The van der Waals surface area contributed by atoms with Gasteiger partial charge < -0.3 is 4.74 Å². The van der Waals surface area contributed by atoms with Crippen molar-refractivity contribution in [2.24, 2.45) is 0 Å². The summed E-state index contributed by atoms with van der Waals surface area (Å²) in [4.78, 5) is 0. The molecule has 0 aliphatic heterocycles. The van der Waals surface area contributed by atoms with E-state index in [1.165, 1.54) is 24.8 Å². The van der Waals surface area contributed by atoms with Gasteiger partial charge in [-0.25, -0.2) is 0 Å². The van der Waals surface area contributed by atoms with Crippen LogP contribution in [0, 0.1) is 6.92 Å². The summed E-state index contributed by atoms with van der Waals surface area (Å²) < 4.78 is 5.44. The van der Waals surface area contributed by atoms with Gasteiger partial charge in [-0.1, -0.05) is 50.1 Å². The van der Waals surface area contributed by atoms with Gasteiger partial charge >= 0.3 is 0 Å². The first-order valence-corrected chi connectivity index (χ1v) is 5.80. The highest BCUT2D eigenvalue weighted by molar-refractivity contribution is 5.19. The van der Waals surface area contributed by atoms with Gasteiger partial charge in [-0.15, -0.1) is 0 Å². The van der Waals surface area contributed by atoms with Gasteiger partial charge in [0.05, 0.1) is 6.61 Å². The normalized spacial score (nSPS) is 12.7. The van der Waals surface area contributed by atoms with Crippen molar-refractivity contribution >= 4 is 0 Å². The standard InChI is InChI=1S/C14H21O/c1-3-5-9-14(12-15-4-2)13-10-7-6-8-11-13/h6-8,10-11,14H,2-5,9,12H2,1H3. The van der Waals surface area contributed by atoms with Gasteiger partial charge in [0.15, 0.2) is 0 Å². The third-order valence-electron chi connectivity index (χ3n) is 2.64. The van der Waals surface area contributed by atoms with Gasteiger partial charge in [0.1, 0.15) is 0 Å². The summed E-state index contributed by atoms with van der Waals surface area (Å²) in [6.45, 7) is 7.30. The zero-order chi connectivity index (χ0) is 10.9. The lowest BCUT2D eigenvalue weighted by Gasteiger charge is -2.16. The number of ether oxygens (including phenoxy) is 1. The van der Waals surface area contributed by atoms with Crippen molar-refractivity contribution in [3.63, 3.8) is 0 Å². The van der Waals surface area contributed by atoms with Crippen LogP contribution in [0.1, 0.15) is 37.7 Å². The minimum atomic E-state index is 0.535. The van der Waals surface area contributed by atoms with Crippen LogP contribution in [0.2, 0.25) is 0 Å². The highest BCUT2D eigenvalue weighted by Gasteiger charge is 2.10. The Morgan fingerprint density at radius 1 is 1.27 bits per heavy atom. The van der Waals surface area contributed by atoms with Crippen LogP contribution in [-0.4, -0.2) is 13.2 Å². The van der Waals surface area contributed by atoms with Gasteiger partial charge in [0, 0.05) is 12.5 Å². The van der Waals surface area contributed by atoms with E-state index in [4.69, 9.17) is 4.74 Å². The number of unbranched alkanes of at least 4 members (excludes halogenated alkanes) is 1. The third-order valence-corrected chi connectivity index (χ3v) is 2.64. The van der Waals surface area contributed by atoms with Crippen molar-refractivity contribution in [2.75, 3.05) is 13.2 Å². The van der Waals surface area contributed by atoms with E-state index in [-0.39, 0.29) is 0 Å². The van der Waals surface area contributed by atoms with Gasteiger partial charge in [-0.05, 0) is 18.9 Å². The smallest absolute Gasteiger partial charge is 0.0534 e. The summed E-state index contributed by atoms with van der Waals surface area (Å²) in [5, 5.41) is 0. The summed E-state index contributed by atoms with van der Waals surface area (Å²) in [5.74, 6) is 0.535. The van der Waals surface area contributed by atoms with Crippen LogP contribution in [0.25, 0.3) is 0 Å². The largest absolute Gasteiger partial charge is 0.381 e. The molecule has 0 saturated heterocycles. The summed E-state index contributed by atoms with van der Waals surface area (Å²) in [6.07, 6.45) is 3.72. The Morgan fingerprint density at radius 2 is 2.00 bits per heavy atom. The second kappa shape index (κ2) is 7.47. The van der Waals surface area contributed by atoms with Crippen molar-refractivity contribution in [1.29, 1.82) is 0 Å². The molecule has 1 rings (SSSR count). The second-order valence-electron chi connectivity index (χ2n) is 3.82. The van der Waals surface area contributed by atoms with E-state index in [0.29, 0.717) is 12.5 Å². The van der Waals surface area contributed by atoms with Crippen LogP contribution in [0.15, 0.2) is 30.3 Å². The average Bonchev–Trinajstić information content (AvgIpc) is 2.30. The number of hydrogen-bond acceptors (Lipinski definition) is 1. The monoisotopic (exact) mass is 205 g/mol. The maximum Gasteiger partial charge on any atom is 0.0534 e. The van der Waals surface area contributed by atoms with Crippen LogP contribution < -0.4 is 0 Å². The molecule has 1 atom stereocenters. The van der Waals surface area contributed by atoms with Crippen molar-refractivity contribution in [3.8, 4) is 0 Å². The maximum absolute atomic E-state index is 5.44. The molecule has 0 N–H and O–H groups in total. The Balaban J connectivity index is 2.55. The summed E-state index contributed by atoms with van der Waals surface area (Å²) in [5.41, 5.74) is 1.39. The SMILES string of the molecule is [CH2]COCC(CCCC)c1ccccc1. The number of benzene rings is 1. The number of rotatable bonds is 7. The van der Waals surface area contributed by atoms with Crippen molar-refractivity contribution in [1.82, 2.24) is 0 Å². The van der Waals surface area contributed by atoms with Gasteiger partial charge in [0.2, 0.25) is 0 Å². The molecule has 15 heavy (non-hydrogen) atoms. The number of hydrogen-bond donors (Lipinski definition) is 0. The van der Waals surface area contributed by atoms with E-state index in [0.717, 1.165) is 6.61 Å². The molecule has 0 bridgehead atoms. The molecule has 1 unspecified atom stereocenters. The molecule has 0 heterocycles. The van der Waals surface area contributed by atoms with Crippen molar-refractivity contribution in [2.45, 2.75) is 32.1 Å². The molecule has 1 radical (unpaired) electrons. The predicted octanol–water partition coefficient (Wildman–Crippen LogP) is 3.81. The fourth-order valence-corrected chi connectivity index (χ4v) is 1.75. The molecule has 0 aliphatic carbocycles. The van der Waals surface area contributed by atoms with Gasteiger partial charge in [-0.3, -0.25) is 0 Å². The molecule has 1 nitrogen and oxygen atoms in total. The third kappa shape index (κ3) is 4.48. The predicted molar refractivity (Wildman–Crippen MR) is 64.9 cm³/mol. The maximum atomic E-state index is 5.44. The van der Waals surface area contributed by atoms with Crippen LogP contribution >= 0.6 is 0 Å². The molecule has 0 saturated carbocycles. The topological polar surface area (TPSA) is 9.23 Å². The molecular weight excluding hydrogens is 184 g/mol. The molecule has 1 aromatic carbocycles. The first-order valence-electron chi connectivity index (χ1n) is 5.80. The van der Waals surface area contributed by atoms with Crippen molar-refractivity contribution < 1.29 is 4.74 Å². The lowest BCUT2D eigenvalue weighted by atomic mass is 9.94. The Morgan fingerprint density at radius 3 is 2.60 bits per heavy atom. The van der Waals surface area contributed by atoms with Crippen LogP contribution in [0.4, 0.5) is 0 Å². The fraction of sp³-hybridized carbons (Fsp3) is 0.500. The van der Waals surface area contributed by atoms with E-state index in [1.807, 2.05) is 0 Å². The Bertz CT molecular complexity index is 235. The fourth-order valence-electron chi connectivity index (χ4n) is 1.75. The first kappa shape index (κ1) is 12.3. The van der Waals surface area contributed by atoms with Crippen LogP contribution in [0.3, 0.4) is 0 Å². The zero-order valence-electron chi connectivity index (χ0n) is 9.61. The molecule has 1 aromatic rings. The lowest BCUT2D eigenvalue weighted by molar-refractivity contribution is 0.141. The Labute approximate surface area is 93.5 Å². The lowest BCUT2D eigenvalue weighted by Crippen LogP contribution is -2.08. The van der Waals surface area contributed by atoms with E-state index in [1.54, 1.807) is 0 Å². The van der Waals surface area contributed by atoms with Crippen LogP contribution in [-0.2, 0) is 4.74 Å². The molecule has 0 aromatic heterocycles. The minimum absolute atomic E-state index is 0.535. The summed E-state index contributed by atoms with van der Waals surface area (Å²) in [6, 6.07) is 10.6. The van der Waals surface area contributed by atoms with Gasteiger partial charge in [0.25, 0.3) is 0 Å². The van der Waals surface area contributed by atoms with E-state index in [2.05, 4.69) is 44.2 Å². The summed E-state index contributed by atoms with van der Waals surface area (Å²) in [7, 11) is 0. The Kier molecular flexibility index (Phi) is 6.10. The molecule has 0 spiro atoms. The van der Waals surface area contributed by atoms with Crippen molar-refractivity contribution in [3.05, 3.63) is 42.8 Å². The van der Waals surface area contributed by atoms with E-state index >= 15 is 0 Å².